The van der Waals surface area contributed by atoms with E-state index in [0.29, 0.717) is 52.0 Å². The average Bonchev–Trinajstić information content (AvgIpc) is 3.68. The molecule has 8 atom stereocenters. The zero-order valence-corrected chi connectivity index (χ0v) is 39.5. The van der Waals surface area contributed by atoms with E-state index < -0.39 is 5.41 Å². The highest BCUT2D eigenvalue weighted by molar-refractivity contribution is 6.33. The van der Waals surface area contributed by atoms with Crippen molar-refractivity contribution in [2.24, 2.45) is 61.7 Å². The van der Waals surface area contributed by atoms with Crippen LogP contribution in [0.2, 0.25) is 5.02 Å². The fourth-order valence-electron chi connectivity index (χ4n) is 12.5. The number of hydrogen-bond donors (Lipinski definition) is 2. The van der Waals surface area contributed by atoms with Crippen molar-refractivity contribution >= 4 is 23.8 Å². The van der Waals surface area contributed by atoms with E-state index in [-0.39, 0.29) is 11.2 Å². The number of fused-ring (bicyclic) bond motifs is 7. The summed E-state index contributed by atoms with van der Waals surface area (Å²) in [4.78, 5) is 14.8. The lowest BCUT2D eigenvalue weighted by Crippen LogP contribution is -2.61. The number of nitrogens with zero attached hydrogens (tertiary/aromatic N) is 1. The Bertz CT molecular complexity index is 1620. The second-order valence-corrected chi connectivity index (χ2v) is 19.1. The van der Waals surface area contributed by atoms with Gasteiger partial charge in [-0.1, -0.05) is 137 Å². The zero-order valence-electron chi connectivity index (χ0n) is 38.7. The predicted molar refractivity (Wildman–Crippen MR) is 244 cm³/mol. The molecule has 0 heterocycles. The minimum absolute atomic E-state index is 0.0390. The van der Waals surface area contributed by atoms with Crippen LogP contribution in [0.25, 0.3) is 0 Å². The highest BCUT2D eigenvalue weighted by Crippen LogP contribution is 2.77. The SMILES string of the molecule is C=C1CC2(CCOC(=NC)c3ccccc3Cl)CCC3(C)C(CCC4C5(C)CCC(C)C5CCC43C)C2=C1C(C)C.C=C=C(O)CC(C)(C)C=O.CC.CC.CO. The fraction of sp³-hybridized carbons (Fsp3) is 0.706. The minimum Gasteiger partial charge on any atom is -0.505 e. The number of aldehydes is 1. The van der Waals surface area contributed by atoms with Crippen molar-refractivity contribution in [3.05, 3.63) is 76.2 Å². The molecule has 0 bridgehead atoms. The largest absolute Gasteiger partial charge is 0.505 e. The van der Waals surface area contributed by atoms with Crippen molar-refractivity contribution in [2.75, 3.05) is 20.8 Å². The lowest BCUT2D eigenvalue weighted by atomic mass is 9.35. The molecule has 4 fully saturated rings. The van der Waals surface area contributed by atoms with Crippen LogP contribution in [0.4, 0.5) is 0 Å². The maximum Gasteiger partial charge on any atom is 0.217 e. The van der Waals surface area contributed by atoms with Crippen molar-refractivity contribution in [3.8, 4) is 0 Å². The van der Waals surface area contributed by atoms with Crippen LogP contribution in [0.3, 0.4) is 0 Å². The number of halogens is 1. The molecule has 322 valence electrons. The molecule has 5 aliphatic rings. The Hall–Kier alpha value is -2.59. The summed E-state index contributed by atoms with van der Waals surface area (Å²) in [5.74, 6) is 4.58. The van der Waals surface area contributed by atoms with E-state index in [9.17, 15) is 4.79 Å². The van der Waals surface area contributed by atoms with Gasteiger partial charge >= 0.3 is 0 Å². The van der Waals surface area contributed by atoms with Gasteiger partial charge in [-0.25, -0.2) is 0 Å². The van der Waals surface area contributed by atoms with Crippen LogP contribution in [-0.2, 0) is 9.53 Å². The molecule has 0 saturated heterocycles. The Morgan fingerprint density at radius 2 is 1.65 bits per heavy atom. The first-order valence-electron chi connectivity index (χ1n) is 22.2. The van der Waals surface area contributed by atoms with Crippen LogP contribution in [0, 0.1) is 56.7 Å². The van der Waals surface area contributed by atoms with Gasteiger partial charge in [0.2, 0.25) is 5.90 Å². The summed E-state index contributed by atoms with van der Waals surface area (Å²) >= 11 is 6.52. The molecule has 6 heteroatoms. The summed E-state index contributed by atoms with van der Waals surface area (Å²) in [5, 5.41) is 16.6. The first-order chi connectivity index (χ1) is 26.9. The van der Waals surface area contributed by atoms with Crippen LogP contribution in [-0.4, -0.2) is 43.2 Å². The standard InChI is InChI=1S/C38H54ClNO.C8H12O2.2C2H6.CH4O/c1-24(2)32-26(4)23-38(21-22-41-34(40-8)27-11-9-10-12-30(27)39)20-19-36(6)29(33(32)38)13-14-31-35(5)17-15-25(3)28(35)16-18-37(31,36)7;1-4-7(10)5-8(2,3)6-9;3*1-2/h9-12,24-25,28-29,31H,4,13-23H2,1-3,5-8H3;6,10H,1,5H2,2-3H3;2*1-2H3;2H,1H3. The van der Waals surface area contributed by atoms with Gasteiger partial charge in [-0.05, 0) is 133 Å². The molecule has 0 amide bonds. The number of hydrogen-bond acceptors (Lipinski definition) is 5. The Morgan fingerprint density at radius 3 is 2.21 bits per heavy atom. The fourth-order valence-corrected chi connectivity index (χ4v) is 12.7. The number of ether oxygens (including phenoxy) is 1. The normalized spacial score (nSPS) is 32.4. The molecule has 1 aromatic rings. The Kier molecular flexibility index (Phi) is 18.7. The summed E-state index contributed by atoms with van der Waals surface area (Å²) in [6.07, 6.45) is 14.4. The van der Waals surface area contributed by atoms with Gasteiger partial charge in [0.25, 0.3) is 0 Å². The van der Waals surface area contributed by atoms with Gasteiger partial charge in [-0.15, -0.1) is 0 Å². The molecule has 6 rings (SSSR count). The zero-order chi connectivity index (χ0) is 43.6. The van der Waals surface area contributed by atoms with Gasteiger partial charge in [0.15, 0.2) is 0 Å². The maximum absolute atomic E-state index is 10.3. The summed E-state index contributed by atoms with van der Waals surface area (Å²) < 4.78 is 6.45. The highest BCUT2D eigenvalue weighted by atomic mass is 35.5. The molecular formula is C51H82ClNO4. The predicted octanol–water partition coefficient (Wildman–Crippen LogP) is 14.2. The number of carbonyl (C=O) groups is 1. The van der Waals surface area contributed by atoms with Gasteiger partial charge < -0.3 is 19.7 Å². The average molecular weight is 809 g/mol. The second-order valence-electron chi connectivity index (χ2n) is 18.7. The third-order valence-corrected chi connectivity index (χ3v) is 15.5. The van der Waals surface area contributed by atoms with E-state index in [2.05, 4.69) is 58.8 Å². The smallest absolute Gasteiger partial charge is 0.217 e. The number of aliphatic hydroxyl groups is 2. The summed E-state index contributed by atoms with van der Waals surface area (Å²) in [6, 6.07) is 7.89. The van der Waals surface area contributed by atoms with Crippen molar-refractivity contribution in [1.29, 1.82) is 0 Å². The number of allylic oxidation sites excluding steroid dienone is 4. The molecule has 4 saturated carbocycles. The molecule has 2 N–H and O–H groups in total. The van der Waals surface area contributed by atoms with Gasteiger partial charge in [0.1, 0.15) is 12.0 Å². The Balaban J connectivity index is 0.000000603. The Labute approximate surface area is 354 Å². The van der Waals surface area contributed by atoms with Crippen LogP contribution in [0.15, 0.2) is 70.6 Å². The van der Waals surface area contributed by atoms with Crippen molar-refractivity contribution in [3.63, 3.8) is 0 Å². The maximum atomic E-state index is 10.3. The van der Waals surface area contributed by atoms with Crippen molar-refractivity contribution in [2.45, 2.75) is 154 Å². The van der Waals surface area contributed by atoms with E-state index in [0.717, 1.165) is 49.6 Å². The minimum atomic E-state index is -0.505. The molecular weight excluding hydrogens is 726 g/mol. The molecule has 5 aliphatic carbocycles. The first-order valence-corrected chi connectivity index (χ1v) is 22.6. The van der Waals surface area contributed by atoms with Gasteiger partial charge in [-0.3, -0.25) is 4.99 Å². The summed E-state index contributed by atoms with van der Waals surface area (Å²) in [6.45, 7) is 35.7. The molecule has 0 aromatic heterocycles. The van der Waals surface area contributed by atoms with Gasteiger partial charge in [0.05, 0.1) is 17.2 Å². The quantitative estimate of drug-likeness (QED) is 0.0901. The molecule has 8 unspecified atom stereocenters. The molecule has 1 aromatic carbocycles. The van der Waals surface area contributed by atoms with Gasteiger partial charge in [0, 0.05) is 26.0 Å². The third kappa shape index (κ3) is 9.90. The lowest BCUT2D eigenvalue weighted by molar-refractivity contribution is -0.181. The number of rotatable bonds is 8. The van der Waals surface area contributed by atoms with Crippen LogP contribution >= 0.6 is 11.6 Å². The van der Waals surface area contributed by atoms with Crippen LogP contribution < -0.4 is 0 Å². The van der Waals surface area contributed by atoms with Gasteiger partial charge in [-0.2, -0.15) is 0 Å². The van der Waals surface area contributed by atoms with Crippen molar-refractivity contribution in [1.82, 2.24) is 0 Å². The number of aliphatic hydroxyl groups excluding tert-OH is 2. The molecule has 57 heavy (non-hydrogen) atoms. The molecule has 0 spiro atoms. The Morgan fingerprint density at radius 1 is 1.02 bits per heavy atom. The topological polar surface area (TPSA) is 79.1 Å². The third-order valence-electron chi connectivity index (χ3n) is 15.1. The van der Waals surface area contributed by atoms with E-state index in [1.807, 2.05) is 59.0 Å². The van der Waals surface area contributed by atoms with Crippen LogP contribution in [0.1, 0.15) is 159 Å². The summed E-state index contributed by atoms with van der Waals surface area (Å²) in [7, 11) is 2.81. The summed E-state index contributed by atoms with van der Waals surface area (Å²) in [5.41, 5.74) is 9.00. The number of benzene rings is 1. The van der Waals surface area contributed by atoms with E-state index in [4.69, 9.17) is 33.1 Å². The van der Waals surface area contributed by atoms with E-state index >= 15 is 0 Å². The molecule has 0 radical (unpaired) electrons. The second kappa shape index (κ2) is 21.1. The van der Waals surface area contributed by atoms with Crippen LogP contribution in [0.5, 0.6) is 0 Å². The first kappa shape index (κ1) is 50.6. The number of carbonyl (C=O) groups excluding carboxylic acids is 1. The van der Waals surface area contributed by atoms with E-state index in [1.54, 1.807) is 25.0 Å². The monoisotopic (exact) mass is 808 g/mol. The lowest BCUT2D eigenvalue weighted by Gasteiger charge is -2.69. The van der Waals surface area contributed by atoms with E-state index in [1.165, 1.54) is 56.9 Å². The van der Waals surface area contributed by atoms with Crippen molar-refractivity contribution < 1.29 is 19.7 Å². The highest BCUT2D eigenvalue weighted by Gasteiger charge is 2.68. The molecule has 0 aliphatic heterocycles. The molecule has 5 nitrogen and oxygen atoms in total. The number of aliphatic imine (C=N–C) groups is 1.